The number of fused-ring (bicyclic) bond motifs is 1. The minimum absolute atomic E-state index is 0.0346. The average Bonchev–Trinajstić information content (AvgIpc) is 3.23. The number of ether oxygens (including phenoxy) is 2. The molecule has 0 bridgehead atoms. The molecule has 4 rings (SSSR count). The molecule has 12 nitrogen and oxygen atoms in total. The highest BCUT2D eigenvalue weighted by molar-refractivity contribution is 6.27. The molecule has 3 heterocycles. The van der Waals surface area contributed by atoms with Gasteiger partial charge in [-0.3, -0.25) is 9.69 Å². The topological polar surface area (TPSA) is 166 Å². The minimum atomic E-state index is -3.49. The van der Waals surface area contributed by atoms with Gasteiger partial charge < -0.3 is 39.6 Å². The Kier molecular flexibility index (Phi) is 7.33. The maximum Gasteiger partial charge on any atom is 0.412 e. The number of nitrogens with one attached hydrogen (secondary N) is 1. The SMILES string of the molecule is [B]C(O)(c1c(-c2c(F)cc(C(=O)NC)cc2F)nc2cc(C)ccn12)C1OC([B])(O)C([B])(O)N(C(=O)OC)C1([B])O. The van der Waals surface area contributed by atoms with Gasteiger partial charge in [0.1, 0.15) is 56.0 Å². The molecule has 1 aliphatic rings. The Morgan fingerprint density at radius 2 is 1.76 bits per heavy atom. The fraction of sp³-hybridized carbons (Fsp3) is 0.348. The van der Waals surface area contributed by atoms with Gasteiger partial charge in [0.25, 0.3) is 5.91 Å². The number of rotatable bonds is 4. The number of halogens is 2. The highest BCUT2D eigenvalue weighted by atomic mass is 19.1. The van der Waals surface area contributed by atoms with E-state index in [1.807, 2.05) is 0 Å². The van der Waals surface area contributed by atoms with E-state index in [1.165, 1.54) is 25.4 Å². The van der Waals surface area contributed by atoms with Crippen molar-refractivity contribution >= 4 is 49.0 Å². The molecule has 1 saturated heterocycles. The fourth-order valence-corrected chi connectivity index (χ4v) is 4.60. The van der Waals surface area contributed by atoms with Crippen molar-refractivity contribution in [3.05, 3.63) is 58.9 Å². The monoisotopic (exact) mass is 562 g/mol. The van der Waals surface area contributed by atoms with Gasteiger partial charge in [-0.2, -0.15) is 0 Å². The number of carbonyl (C=O) groups excluding carboxylic acids is 2. The number of aryl methyl sites for hydroxylation is 1. The number of benzene rings is 1. The van der Waals surface area contributed by atoms with Crippen molar-refractivity contribution < 1.29 is 48.3 Å². The molecule has 0 saturated carbocycles. The highest BCUT2D eigenvalue weighted by Gasteiger charge is 2.66. The molecular formula is C23H20B4F2N4O8. The lowest BCUT2D eigenvalue weighted by Crippen LogP contribution is -2.84. The first-order valence-electron chi connectivity index (χ1n) is 11.6. The number of carbonyl (C=O) groups is 2. The molecule has 3 aromatic rings. The maximum absolute atomic E-state index is 15.4. The molecule has 41 heavy (non-hydrogen) atoms. The van der Waals surface area contributed by atoms with E-state index in [2.05, 4.69) is 15.0 Å². The van der Waals surface area contributed by atoms with E-state index < -0.39 is 69.1 Å². The molecule has 2 aromatic heterocycles. The second-order valence-electron chi connectivity index (χ2n) is 9.47. The van der Waals surface area contributed by atoms with Crippen LogP contribution in [0.25, 0.3) is 16.9 Å². The molecule has 1 aromatic carbocycles. The van der Waals surface area contributed by atoms with Crippen LogP contribution in [0.3, 0.4) is 0 Å². The summed E-state index contributed by atoms with van der Waals surface area (Å²) in [4.78, 5) is 28.4. The number of methoxy groups -OCH3 is 1. The van der Waals surface area contributed by atoms with Crippen molar-refractivity contribution in [1.29, 1.82) is 0 Å². The number of aromatic nitrogens is 2. The van der Waals surface area contributed by atoms with E-state index in [4.69, 9.17) is 36.1 Å². The van der Waals surface area contributed by atoms with Crippen molar-refractivity contribution in [2.24, 2.45) is 0 Å². The number of hydrogen-bond acceptors (Lipinski definition) is 9. The molecule has 0 spiro atoms. The second kappa shape index (κ2) is 9.84. The molecule has 1 aliphatic heterocycles. The standard InChI is InChI=1S/C23H20B4F2N4O8/c1-9-4-5-32-13(6-9)31-15(14-11(28)7-10(8-12(14)29)17(34)30-2)16(32)20(24,36)18-21(25,37)33(19(35)40-3)22(26,38)23(27,39)41-18/h4-8,18,36-39H,1-3H3,(H,30,34). The van der Waals surface area contributed by atoms with Gasteiger partial charge in [0, 0.05) is 18.8 Å². The van der Waals surface area contributed by atoms with Crippen LogP contribution in [-0.4, -0.2) is 115 Å². The number of imidazole rings is 1. The molecule has 206 valence electrons. The zero-order valence-corrected chi connectivity index (χ0v) is 21.8. The van der Waals surface area contributed by atoms with Crippen molar-refractivity contribution in [2.75, 3.05) is 14.2 Å². The van der Waals surface area contributed by atoms with Gasteiger partial charge in [0.2, 0.25) is 0 Å². The summed E-state index contributed by atoms with van der Waals surface area (Å²) < 4.78 is 41.5. The summed E-state index contributed by atoms with van der Waals surface area (Å²) in [7, 11) is 25.3. The molecule has 5 atom stereocenters. The largest absolute Gasteiger partial charge is 0.453 e. The summed E-state index contributed by atoms with van der Waals surface area (Å²) >= 11 is 0. The van der Waals surface area contributed by atoms with Crippen molar-refractivity contribution in [3.8, 4) is 11.3 Å². The number of pyridine rings is 1. The van der Waals surface area contributed by atoms with Gasteiger partial charge in [0.15, 0.2) is 21.4 Å². The van der Waals surface area contributed by atoms with E-state index in [-0.39, 0.29) is 16.1 Å². The third-order valence-corrected chi connectivity index (χ3v) is 6.60. The number of aliphatic hydroxyl groups is 4. The van der Waals surface area contributed by atoms with Crippen molar-refractivity contribution in [1.82, 2.24) is 19.6 Å². The molecule has 0 aliphatic carbocycles. The Morgan fingerprint density at radius 1 is 1.17 bits per heavy atom. The van der Waals surface area contributed by atoms with Crippen molar-refractivity contribution in [3.63, 3.8) is 0 Å². The van der Waals surface area contributed by atoms with Gasteiger partial charge in [-0.1, -0.05) is 0 Å². The summed E-state index contributed by atoms with van der Waals surface area (Å²) in [6.45, 7) is 1.66. The molecular weight excluding hydrogens is 542 g/mol. The Morgan fingerprint density at radius 3 is 2.29 bits per heavy atom. The number of nitrogens with zero attached hydrogens (tertiary/aromatic N) is 3. The van der Waals surface area contributed by atoms with Crippen LogP contribution >= 0.6 is 0 Å². The summed E-state index contributed by atoms with van der Waals surface area (Å²) in [5, 5.41) is 46.4. The fourth-order valence-electron chi connectivity index (χ4n) is 4.60. The smallest absolute Gasteiger partial charge is 0.412 e. The van der Waals surface area contributed by atoms with Gasteiger partial charge in [-0.25, -0.2) is 18.6 Å². The Balaban J connectivity index is 2.04. The van der Waals surface area contributed by atoms with Crippen LogP contribution in [0.2, 0.25) is 0 Å². The molecule has 18 heteroatoms. The van der Waals surface area contributed by atoms with Gasteiger partial charge in [-0.15, -0.1) is 0 Å². The molecule has 8 radical (unpaired) electrons. The zero-order chi connectivity index (χ0) is 30.9. The van der Waals surface area contributed by atoms with Crippen LogP contribution in [0.5, 0.6) is 0 Å². The van der Waals surface area contributed by atoms with Crippen LogP contribution in [0.1, 0.15) is 21.6 Å². The summed E-state index contributed by atoms with van der Waals surface area (Å²) in [6.07, 6.45) is -3.01. The van der Waals surface area contributed by atoms with Crippen LogP contribution < -0.4 is 5.32 Å². The van der Waals surface area contributed by atoms with Gasteiger partial charge in [0.05, 0.1) is 23.9 Å². The third-order valence-electron chi connectivity index (χ3n) is 6.60. The second-order valence-corrected chi connectivity index (χ2v) is 9.47. The third kappa shape index (κ3) is 4.59. The lowest BCUT2D eigenvalue weighted by atomic mass is 9.59. The summed E-state index contributed by atoms with van der Waals surface area (Å²) in [5.41, 5.74) is -15.7. The highest BCUT2D eigenvalue weighted by Crippen LogP contribution is 2.46. The molecule has 2 amide bonds. The molecule has 5 N–H and O–H groups in total. The lowest BCUT2D eigenvalue weighted by Gasteiger charge is -2.62. The van der Waals surface area contributed by atoms with Crippen LogP contribution in [0.4, 0.5) is 13.6 Å². The van der Waals surface area contributed by atoms with Crippen LogP contribution in [-0.2, 0) is 15.0 Å². The first kappa shape index (κ1) is 30.5. The first-order valence-corrected chi connectivity index (χ1v) is 11.6. The van der Waals surface area contributed by atoms with Crippen molar-refractivity contribution in [2.45, 2.75) is 35.5 Å². The van der Waals surface area contributed by atoms with E-state index in [0.29, 0.717) is 17.7 Å². The number of morpholine rings is 1. The molecule has 1 fully saturated rings. The molecule has 5 unspecified atom stereocenters. The maximum atomic E-state index is 15.4. The summed E-state index contributed by atoms with van der Waals surface area (Å²) in [6, 6.07) is 4.34. The predicted octanol–water partition coefficient (Wildman–Crippen LogP) is -1.83. The number of amides is 2. The van der Waals surface area contributed by atoms with E-state index in [9.17, 15) is 30.0 Å². The van der Waals surface area contributed by atoms with E-state index in [0.717, 1.165) is 11.5 Å². The van der Waals surface area contributed by atoms with Gasteiger partial charge in [-0.05, 0) is 36.8 Å². The van der Waals surface area contributed by atoms with Crippen LogP contribution in [0.15, 0.2) is 30.5 Å². The zero-order valence-electron chi connectivity index (χ0n) is 21.8. The van der Waals surface area contributed by atoms with E-state index >= 15 is 8.78 Å². The normalized spacial score (nSPS) is 27.8. The van der Waals surface area contributed by atoms with Gasteiger partial charge >= 0.3 is 6.09 Å². The number of hydrogen-bond donors (Lipinski definition) is 5. The van der Waals surface area contributed by atoms with Crippen LogP contribution in [0, 0.1) is 18.6 Å². The first-order chi connectivity index (χ1) is 18.8. The Labute approximate surface area is 236 Å². The van der Waals surface area contributed by atoms with E-state index in [1.54, 1.807) is 6.92 Å². The lowest BCUT2D eigenvalue weighted by molar-refractivity contribution is -0.375. The average molecular weight is 562 g/mol. The Hall–Kier alpha value is -3.43. The minimum Gasteiger partial charge on any atom is -0.453 e. The predicted molar refractivity (Wildman–Crippen MR) is 140 cm³/mol. The summed E-state index contributed by atoms with van der Waals surface area (Å²) in [5.74, 6) is -3.42. The Bertz CT molecular complexity index is 1540. The quantitative estimate of drug-likeness (QED) is 0.230.